The van der Waals surface area contributed by atoms with E-state index in [4.69, 9.17) is 4.74 Å². The lowest BCUT2D eigenvalue weighted by atomic mass is 10.4. The van der Waals surface area contributed by atoms with Gasteiger partial charge in [-0.3, -0.25) is 10.2 Å². The zero-order valence-electron chi connectivity index (χ0n) is 13.6. The van der Waals surface area contributed by atoms with E-state index < -0.39 is 0 Å². The van der Waals surface area contributed by atoms with Gasteiger partial charge in [0.25, 0.3) is 0 Å². The van der Waals surface area contributed by atoms with E-state index in [1.165, 1.54) is 0 Å². The van der Waals surface area contributed by atoms with Gasteiger partial charge in [-0.05, 0) is 6.92 Å². The maximum Gasteiger partial charge on any atom is 0.170 e. The van der Waals surface area contributed by atoms with E-state index in [0.717, 1.165) is 31.6 Å². The van der Waals surface area contributed by atoms with Gasteiger partial charge in [-0.15, -0.1) is 0 Å². The first kappa shape index (κ1) is 16.1. The normalized spacial score (nSPS) is 15.6. The maximum atomic E-state index is 11.0. The minimum Gasteiger partial charge on any atom is -0.378 e. The first-order valence-electron chi connectivity index (χ1n) is 7.89. The predicted molar refractivity (Wildman–Crippen MR) is 93.0 cm³/mol. The van der Waals surface area contributed by atoms with Gasteiger partial charge in [0.2, 0.25) is 0 Å². The van der Waals surface area contributed by atoms with Crippen LogP contribution in [-0.4, -0.2) is 53.4 Å². The summed E-state index contributed by atoms with van der Waals surface area (Å²) < 4.78 is 7.09. The highest BCUT2D eigenvalue weighted by Crippen LogP contribution is 2.21. The zero-order valence-corrected chi connectivity index (χ0v) is 13.6. The van der Waals surface area contributed by atoms with Crippen molar-refractivity contribution in [3.05, 3.63) is 30.0 Å². The molecule has 24 heavy (non-hydrogen) atoms. The van der Waals surface area contributed by atoms with Crippen LogP contribution in [0.2, 0.25) is 0 Å². The maximum absolute atomic E-state index is 11.0. The van der Waals surface area contributed by atoms with Crippen molar-refractivity contribution in [1.29, 1.82) is 0 Å². The molecule has 0 aliphatic carbocycles. The summed E-state index contributed by atoms with van der Waals surface area (Å²) in [6, 6.07) is 3.54. The molecule has 0 radical (unpaired) electrons. The van der Waals surface area contributed by atoms with Gasteiger partial charge < -0.3 is 9.64 Å². The smallest absolute Gasteiger partial charge is 0.170 e. The summed E-state index contributed by atoms with van der Waals surface area (Å²) in [5.74, 6) is 1.47. The largest absolute Gasteiger partial charge is 0.378 e. The number of morpholine rings is 1. The van der Waals surface area contributed by atoms with E-state index in [1.807, 2.05) is 25.1 Å². The van der Waals surface area contributed by atoms with Gasteiger partial charge >= 0.3 is 0 Å². The number of ether oxygens (including phenoxy) is 1. The van der Waals surface area contributed by atoms with Crippen LogP contribution < -0.4 is 10.3 Å². The summed E-state index contributed by atoms with van der Waals surface area (Å²) in [7, 11) is 0. The van der Waals surface area contributed by atoms with E-state index in [0.29, 0.717) is 30.4 Å². The molecule has 126 valence electrons. The Morgan fingerprint density at radius 3 is 2.96 bits per heavy atom. The number of carbonyl (C=O) groups is 1. The molecule has 0 bridgehead atoms. The van der Waals surface area contributed by atoms with Crippen LogP contribution in [0.5, 0.6) is 0 Å². The number of anilines is 2. The number of hydrogen-bond donors (Lipinski definition) is 1. The van der Waals surface area contributed by atoms with E-state index >= 15 is 0 Å². The van der Waals surface area contributed by atoms with E-state index in [2.05, 4.69) is 25.5 Å². The average molecular weight is 328 g/mol. The summed E-state index contributed by atoms with van der Waals surface area (Å²) in [6.07, 6.45) is 7.23. The van der Waals surface area contributed by atoms with Crippen LogP contribution in [0.1, 0.15) is 23.8 Å². The van der Waals surface area contributed by atoms with Gasteiger partial charge in [-0.25, -0.2) is 4.98 Å². The Morgan fingerprint density at radius 2 is 2.21 bits per heavy atom. The van der Waals surface area contributed by atoms with Gasteiger partial charge in [-0.1, -0.05) is 12.2 Å². The number of rotatable bonds is 6. The molecule has 3 heterocycles. The predicted octanol–water partition coefficient (Wildman–Crippen LogP) is 1.74. The number of aromatic nitrogens is 3. The number of hydrazone groups is 1. The molecular weight excluding hydrogens is 308 g/mol. The summed E-state index contributed by atoms with van der Waals surface area (Å²) in [4.78, 5) is 17.7. The molecular formula is C16H20N6O2. The molecule has 1 saturated heterocycles. The highest BCUT2D eigenvalue weighted by Gasteiger charge is 2.17. The Bertz CT molecular complexity index is 761. The lowest BCUT2D eigenvalue weighted by molar-refractivity contribution is 0.111. The highest BCUT2D eigenvalue weighted by molar-refractivity contribution is 5.75. The molecule has 8 nitrogen and oxygen atoms in total. The molecule has 8 heteroatoms. The molecule has 1 aliphatic rings. The quantitative estimate of drug-likeness (QED) is 0.376. The zero-order chi connectivity index (χ0) is 16.8. The van der Waals surface area contributed by atoms with Crippen molar-refractivity contribution in [1.82, 2.24) is 14.6 Å². The number of nitrogens with one attached hydrogen (secondary N) is 1. The molecule has 1 fully saturated rings. The lowest BCUT2D eigenvalue weighted by Crippen LogP contribution is -2.37. The standard InChI is InChI=1S/C16H20N6O2/c1-2-3-4-5-17-19-14-11-16(21-6-8-24-9-7-21)22-15(18-14)10-13(12-23)20-22/h2-3,5,10-12H,4,6-9H2,1H3,(H,18,19)/b3-2-,17-5+. The van der Waals surface area contributed by atoms with Crippen LogP contribution in [0.4, 0.5) is 11.6 Å². The molecule has 0 unspecified atom stereocenters. The molecule has 0 amide bonds. The summed E-state index contributed by atoms with van der Waals surface area (Å²) in [6.45, 7) is 4.82. The number of hydrogen-bond acceptors (Lipinski definition) is 7. The third kappa shape index (κ3) is 3.60. The third-order valence-electron chi connectivity index (χ3n) is 3.63. The minimum atomic E-state index is 0.353. The van der Waals surface area contributed by atoms with Gasteiger partial charge in [-0.2, -0.15) is 14.7 Å². The molecule has 3 rings (SSSR count). The fourth-order valence-corrected chi connectivity index (χ4v) is 2.47. The number of fused-ring (bicyclic) bond motifs is 1. The van der Waals surface area contributed by atoms with Crippen molar-refractivity contribution in [3.8, 4) is 0 Å². The van der Waals surface area contributed by atoms with Gasteiger partial charge in [0.1, 0.15) is 11.5 Å². The SMILES string of the molecule is C/C=C\C/C=N/Nc1cc(N2CCOCC2)n2nc(C=O)cc2n1. The van der Waals surface area contributed by atoms with E-state index in [1.54, 1.807) is 16.8 Å². The molecule has 0 aromatic carbocycles. The number of carbonyl (C=O) groups excluding carboxylic acids is 1. The second-order valence-electron chi connectivity index (χ2n) is 5.28. The second-order valence-corrected chi connectivity index (χ2v) is 5.28. The molecule has 2 aromatic rings. The molecule has 0 spiro atoms. The van der Waals surface area contributed by atoms with Crippen molar-refractivity contribution in [2.45, 2.75) is 13.3 Å². The monoisotopic (exact) mass is 328 g/mol. The summed E-state index contributed by atoms with van der Waals surface area (Å²) in [5.41, 5.74) is 3.90. The second kappa shape index (κ2) is 7.69. The van der Waals surface area contributed by atoms with Crippen LogP contribution in [0.15, 0.2) is 29.4 Å². The number of nitrogens with zero attached hydrogens (tertiary/aromatic N) is 5. The fourth-order valence-electron chi connectivity index (χ4n) is 2.47. The lowest BCUT2D eigenvalue weighted by Gasteiger charge is -2.29. The van der Waals surface area contributed by atoms with E-state index in [-0.39, 0.29) is 0 Å². The van der Waals surface area contributed by atoms with Crippen LogP contribution >= 0.6 is 0 Å². The first-order chi connectivity index (χ1) is 11.8. The van der Waals surface area contributed by atoms with Crippen LogP contribution in [0.25, 0.3) is 5.65 Å². The van der Waals surface area contributed by atoms with Gasteiger partial charge in [0, 0.05) is 37.9 Å². The Kier molecular flexibility index (Phi) is 5.17. The Balaban J connectivity index is 1.91. The van der Waals surface area contributed by atoms with Gasteiger partial charge in [0.05, 0.1) is 13.2 Å². The van der Waals surface area contributed by atoms with Gasteiger partial charge in [0.15, 0.2) is 17.8 Å². The molecule has 1 N–H and O–H groups in total. The molecule has 2 aromatic heterocycles. The molecule has 0 saturated carbocycles. The fraction of sp³-hybridized carbons (Fsp3) is 0.375. The third-order valence-corrected chi connectivity index (χ3v) is 3.63. The minimum absolute atomic E-state index is 0.353. The topological polar surface area (TPSA) is 84.1 Å². The molecule has 1 aliphatic heterocycles. The van der Waals surface area contributed by atoms with Crippen LogP contribution in [0.3, 0.4) is 0 Å². The average Bonchev–Trinajstić information content (AvgIpc) is 3.05. The number of allylic oxidation sites excluding steroid dienone is 2. The summed E-state index contributed by atoms with van der Waals surface area (Å²) in [5, 5.41) is 8.46. The molecule has 0 atom stereocenters. The van der Waals surface area contributed by atoms with Crippen molar-refractivity contribution in [2.75, 3.05) is 36.6 Å². The Hall–Kier alpha value is -2.74. The highest BCUT2D eigenvalue weighted by atomic mass is 16.5. The van der Waals surface area contributed by atoms with Crippen LogP contribution in [0, 0.1) is 0 Å². The van der Waals surface area contributed by atoms with Crippen molar-refractivity contribution in [3.63, 3.8) is 0 Å². The van der Waals surface area contributed by atoms with Crippen molar-refractivity contribution < 1.29 is 9.53 Å². The van der Waals surface area contributed by atoms with Crippen molar-refractivity contribution in [2.24, 2.45) is 5.10 Å². The Labute approximate surface area is 139 Å². The number of aldehydes is 1. The van der Waals surface area contributed by atoms with Crippen LogP contribution in [-0.2, 0) is 4.74 Å². The van der Waals surface area contributed by atoms with E-state index in [9.17, 15) is 4.79 Å². The summed E-state index contributed by atoms with van der Waals surface area (Å²) >= 11 is 0. The first-order valence-corrected chi connectivity index (χ1v) is 7.89. The Morgan fingerprint density at radius 1 is 1.38 bits per heavy atom. The van der Waals surface area contributed by atoms with Crippen molar-refractivity contribution >= 4 is 29.8 Å².